The van der Waals surface area contributed by atoms with Crippen LogP contribution in [-0.4, -0.2) is 38.4 Å². The molecule has 0 fully saturated rings. The van der Waals surface area contributed by atoms with E-state index in [1.54, 1.807) is 30.3 Å². The molecule has 1 aromatic heterocycles. The van der Waals surface area contributed by atoms with Crippen molar-refractivity contribution in [2.45, 2.75) is 12.6 Å². The van der Waals surface area contributed by atoms with Crippen LogP contribution >= 0.6 is 0 Å². The van der Waals surface area contributed by atoms with Crippen molar-refractivity contribution in [1.29, 1.82) is 0 Å². The zero-order valence-electron chi connectivity index (χ0n) is 11.1. The first-order valence-electron chi connectivity index (χ1n) is 6.33. The molecular formula is C14H15N3O4. The van der Waals surface area contributed by atoms with Crippen LogP contribution in [0.4, 0.5) is 5.82 Å². The van der Waals surface area contributed by atoms with Gasteiger partial charge in [0, 0.05) is 11.8 Å². The van der Waals surface area contributed by atoms with Crippen LogP contribution in [0, 0.1) is 0 Å². The molecule has 2 rings (SSSR count). The van der Waals surface area contributed by atoms with Crippen LogP contribution in [0.2, 0.25) is 0 Å². The highest BCUT2D eigenvalue weighted by Crippen LogP contribution is 2.04. The van der Waals surface area contributed by atoms with Crippen LogP contribution in [-0.2, 0) is 6.54 Å². The van der Waals surface area contributed by atoms with Crippen molar-refractivity contribution in [2.75, 3.05) is 11.9 Å². The minimum atomic E-state index is -1.03. The number of amides is 1. The van der Waals surface area contributed by atoms with Gasteiger partial charge < -0.3 is 15.5 Å². The normalized spacial score (nSPS) is 11.9. The minimum Gasteiger partial charge on any atom is -0.394 e. The van der Waals surface area contributed by atoms with Crippen LogP contribution in [0.3, 0.4) is 0 Å². The van der Waals surface area contributed by atoms with Crippen molar-refractivity contribution in [3.63, 3.8) is 0 Å². The molecule has 1 aromatic carbocycles. The average Bonchev–Trinajstić information content (AvgIpc) is 2.50. The summed E-state index contributed by atoms with van der Waals surface area (Å²) in [5.74, 6) is -0.237. The SMILES string of the molecule is O=C(Nc1ccn(C[C@H](O)CO)c(=O)n1)c1ccccc1. The van der Waals surface area contributed by atoms with Gasteiger partial charge in [-0.25, -0.2) is 4.79 Å². The molecule has 0 radical (unpaired) electrons. The molecule has 0 aliphatic rings. The Morgan fingerprint density at radius 2 is 2.00 bits per heavy atom. The summed E-state index contributed by atoms with van der Waals surface area (Å²) >= 11 is 0. The molecule has 0 bridgehead atoms. The molecule has 0 aliphatic carbocycles. The molecule has 7 nitrogen and oxygen atoms in total. The number of aliphatic hydroxyl groups is 2. The molecule has 0 unspecified atom stereocenters. The summed E-state index contributed by atoms with van der Waals surface area (Å²) in [5, 5.41) is 20.6. The second-order valence-electron chi connectivity index (χ2n) is 4.40. The van der Waals surface area contributed by atoms with Gasteiger partial charge >= 0.3 is 5.69 Å². The second-order valence-corrected chi connectivity index (χ2v) is 4.40. The molecule has 21 heavy (non-hydrogen) atoms. The van der Waals surface area contributed by atoms with Gasteiger partial charge in [0.25, 0.3) is 5.91 Å². The maximum Gasteiger partial charge on any atom is 0.349 e. The van der Waals surface area contributed by atoms with Crippen molar-refractivity contribution in [3.05, 3.63) is 58.6 Å². The number of aromatic nitrogens is 2. The van der Waals surface area contributed by atoms with E-state index >= 15 is 0 Å². The maximum atomic E-state index is 11.9. The Kier molecular flexibility index (Phi) is 4.81. The summed E-state index contributed by atoms with van der Waals surface area (Å²) in [6, 6.07) is 10.0. The quantitative estimate of drug-likeness (QED) is 0.710. The Hall–Kier alpha value is -2.51. The molecule has 110 valence electrons. The first-order chi connectivity index (χ1) is 10.1. The van der Waals surface area contributed by atoms with Gasteiger partial charge in [0.2, 0.25) is 0 Å². The highest BCUT2D eigenvalue weighted by atomic mass is 16.3. The maximum absolute atomic E-state index is 11.9. The van der Waals surface area contributed by atoms with Crippen LogP contribution in [0.5, 0.6) is 0 Å². The lowest BCUT2D eigenvalue weighted by atomic mass is 10.2. The van der Waals surface area contributed by atoms with Crippen LogP contribution in [0.1, 0.15) is 10.4 Å². The molecule has 0 aliphatic heterocycles. The number of benzene rings is 1. The predicted molar refractivity (Wildman–Crippen MR) is 76.0 cm³/mol. The van der Waals surface area contributed by atoms with Crippen LogP contribution in [0.15, 0.2) is 47.4 Å². The van der Waals surface area contributed by atoms with E-state index in [1.165, 1.54) is 12.3 Å². The minimum absolute atomic E-state index is 0.0603. The molecule has 1 amide bonds. The highest BCUT2D eigenvalue weighted by molar-refractivity contribution is 6.03. The number of carbonyl (C=O) groups excluding carboxylic acids is 1. The number of carbonyl (C=O) groups is 1. The molecule has 1 heterocycles. The van der Waals surface area contributed by atoms with Gasteiger partial charge in [0.05, 0.1) is 19.3 Å². The second kappa shape index (κ2) is 6.78. The Bertz CT molecular complexity index is 669. The summed E-state index contributed by atoms with van der Waals surface area (Å²) in [6.45, 7) is -0.506. The zero-order valence-corrected chi connectivity index (χ0v) is 11.1. The number of anilines is 1. The first kappa shape index (κ1) is 14.9. The topological polar surface area (TPSA) is 104 Å². The van der Waals surface area contributed by atoms with Crippen molar-refractivity contribution in [3.8, 4) is 0 Å². The fourth-order valence-electron chi connectivity index (χ4n) is 1.70. The molecule has 3 N–H and O–H groups in total. The molecular weight excluding hydrogens is 274 g/mol. The third kappa shape index (κ3) is 3.98. The monoisotopic (exact) mass is 289 g/mol. The summed E-state index contributed by atoms with van der Waals surface area (Å²) < 4.78 is 1.15. The van der Waals surface area contributed by atoms with E-state index < -0.39 is 18.4 Å². The van der Waals surface area contributed by atoms with Crippen LogP contribution in [0.25, 0.3) is 0 Å². The molecule has 2 aromatic rings. The molecule has 7 heteroatoms. The predicted octanol–water partition coefficient (Wildman–Crippen LogP) is -0.151. The Balaban J connectivity index is 2.10. The van der Waals surface area contributed by atoms with Gasteiger partial charge in [-0.3, -0.25) is 9.36 Å². The number of hydrogen-bond acceptors (Lipinski definition) is 5. The average molecular weight is 289 g/mol. The van der Waals surface area contributed by atoms with Gasteiger partial charge in [-0.1, -0.05) is 18.2 Å². The number of hydrogen-bond donors (Lipinski definition) is 3. The Morgan fingerprint density at radius 1 is 1.29 bits per heavy atom. The van der Waals surface area contributed by atoms with Gasteiger partial charge in [-0.2, -0.15) is 4.98 Å². The van der Waals surface area contributed by atoms with E-state index in [1.807, 2.05) is 0 Å². The largest absolute Gasteiger partial charge is 0.394 e. The van der Waals surface area contributed by atoms with E-state index in [2.05, 4.69) is 10.3 Å². The van der Waals surface area contributed by atoms with Crippen molar-refractivity contribution >= 4 is 11.7 Å². The fraction of sp³-hybridized carbons (Fsp3) is 0.214. The summed E-state index contributed by atoms with van der Waals surface area (Å²) in [7, 11) is 0. The van der Waals surface area contributed by atoms with E-state index in [0.29, 0.717) is 5.56 Å². The molecule has 0 saturated carbocycles. The van der Waals surface area contributed by atoms with Gasteiger partial charge in [0.15, 0.2) is 0 Å². The van der Waals surface area contributed by atoms with Crippen molar-refractivity contribution in [2.24, 2.45) is 0 Å². The lowest BCUT2D eigenvalue weighted by molar-refractivity contribution is 0.0800. The standard InChI is InChI=1S/C14H15N3O4/c18-9-11(19)8-17-7-6-12(16-14(17)21)15-13(20)10-4-2-1-3-5-10/h1-7,11,18-19H,8-9H2,(H,15,16,20,21)/t11-/m0/s1. The zero-order chi connectivity index (χ0) is 15.2. The number of rotatable bonds is 5. The van der Waals surface area contributed by atoms with E-state index in [-0.39, 0.29) is 18.3 Å². The smallest absolute Gasteiger partial charge is 0.349 e. The van der Waals surface area contributed by atoms with Gasteiger partial charge in [-0.15, -0.1) is 0 Å². The molecule has 1 atom stereocenters. The van der Waals surface area contributed by atoms with Crippen LogP contribution < -0.4 is 11.0 Å². The van der Waals surface area contributed by atoms with Crippen molar-refractivity contribution in [1.82, 2.24) is 9.55 Å². The Labute approximate surface area is 120 Å². The fourth-order valence-corrected chi connectivity index (χ4v) is 1.70. The van der Waals surface area contributed by atoms with Gasteiger partial charge in [-0.05, 0) is 18.2 Å². The van der Waals surface area contributed by atoms with Crippen molar-refractivity contribution < 1.29 is 15.0 Å². The van der Waals surface area contributed by atoms with E-state index in [9.17, 15) is 14.7 Å². The molecule has 0 spiro atoms. The molecule has 0 saturated heterocycles. The number of aliphatic hydroxyl groups excluding tert-OH is 2. The number of nitrogens with one attached hydrogen (secondary N) is 1. The Morgan fingerprint density at radius 3 is 2.62 bits per heavy atom. The number of nitrogens with zero attached hydrogens (tertiary/aromatic N) is 2. The van der Waals surface area contributed by atoms with E-state index in [0.717, 1.165) is 4.57 Å². The highest BCUT2D eigenvalue weighted by Gasteiger charge is 2.09. The summed E-state index contributed by atoms with van der Waals surface area (Å²) in [6.07, 6.45) is 0.365. The summed E-state index contributed by atoms with van der Waals surface area (Å²) in [5.41, 5.74) is -0.160. The third-order valence-electron chi connectivity index (χ3n) is 2.77. The summed E-state index contributed by atoms with van der Waals surface area (Å²) in [4.78, 5) is 27.3. The lowest BCUT2D eigenvalue weighted by Crippen LogP contribution is -2.30. The lowest BCUT2D eigenvalue weighted by Gasteiger charge is -2.10. The van der Waals surface area contributed by atoms with E-state index in [4.69, 9.17) is 5.11 Å². The van der Waals surface area contributed by atoms with Gasteiger partial charge in [0.1, 0.15) is 5.82 Å². The third-order valence-corrected chi connectivity index (χ3v) is 2.77. The first-order valence-corrected chi connectivity index (χ1v) is 6.33.